The van der Waals surface area contributed by atoms with Crippen molar-refractivity contribution < 1.29 is 19.0 Å². The van der Waals surface area contributed by atoms with Crippen LogP contribution in [0, 0.1) is 18.2 Å². The third-order valence-electron chi connectivity index (χ3n) is 3.82. The fourth-order valence-electron chi connectivity index (χ4n) is 2.67. The van der Waals surface area contributed by atoms with Crippen LogP contribution in [0.4, 0.5) is 4.39 Å². The minimum absolute atomic E-state index is 0.169. The van der Waals surface area contributed by atoms with Gasteiger partial charge in [-0.2, -0.15) is 0 Å². The molecule has 0 heterocycles. The van der Waals surface area contributed by atoms with Crippen molar-refractivity contribution in [3.05, 3.63) is 65.5 Å². The Morgan fingerprint density at radius 2 is 1.88 bits per heavy atom. The molecule has 0 aliphatic carbocycles. The number of nitrogens with zero attached hydrogens (tertiary/aromatic N) is 1. The Labute approximate surface area is 154 Å². The van der Waals surface area contributed by atoms with Crippen molar-refractivity contribution in [2.45, 2.75) is 19.2 Å². The zero-order valence-electron chi connectivity index (χ0n) is 14.9. The van der Waals surface area contributed by atoms with Crippen molar-refractivity contribution in [1.82, 2.24) is 4.90 Å². The van der Waals surface area contributed by atoms with Gasteiger partial charge >= 0.3 is 0 Å². The number of methoxy groups -OCH3 is 1. The predicted molar refractivity (Wildman–Crippen MR) is 99.2 cm³/mol. The van der Waals surface area contributed by atoms with E-state index in [1.807, 2.05) is 24.3 Å². The van der Waals surface area contributed by atoms with E-state index in [0.29, 0.717) is 19.6 Å². The first-order chi connectivity index (χ1) is 12.6. The van der Waals surface area contributed by atoms with Gasteiger partial charge in [0.05, 0.1) is 19.8 Å². The summed E-state index contributed by atoms with van der Waals surface area (Å²) in [4.78, 5) is 2.08. The van der Waals surface area contributed by atoms with Gasteiger partial charge in [-0.25, -0.2) is 4.39 Å². The summed E-state index contributed by atoms with van der Waals surface area (Å²) >= 11 is 0. The summed E-state index contributed by atoms with van der Waals surface area (Å²) in [6.45, 7) is 1.93. The third-order valence-corrected chi connectivity index (χ3v) is 3.82. The van der Waals surface area contributed by atoms with Crippen molar-refractivity contribution in [3.63, 3.8) is 0 Å². The molecule has 26 heavy (non-hydrogen) atoms. The van der Waals surface area contributed by atoms with E-state index < -0.39 is 6.10 Å². The number of hydrogen-bond acceptors (Lipinski definition) is 4. The van der Waals surface area contributed by atoms with E-state index in [-0.39, 0.29) is 19.0 Å². The van der Waals surface area contributed by atoms with E-state index in [4.69, 9.17) is 15.9 Å². The molecular weight excluding hydrogens is 333 g/mol. The fourth-order valence-corrected chi connectivity index (χ4v) is 2.67. The summed E-state index contributed by atoms with van der Waals surface area (Å²) < 4.78 is 23.6. The molecule has 0 aliphatic heterocycles. The summed E-state index contributed by atoms with van der Waals surface area (Å²) in [7, 11) is 1.63. The van der Waals surface area contributed by atoms with Crippen LogP contribution in [-0.4, -0.2) is 43.0 Å². The molecule has 4 nitrogen and oxygen atoms in total. The van der Waals surface area contributed by atoms with Crippen molar-refractivity contribution in [1.29, 1.82) is 0 Å². The molecule has 5 heteroatoms. The molecule has 0 saturated heterocycles. The highest BCUT2D eigenvalue weighted by Crippen LogP contribution is 2.16. The molecule has 2 rings (SSSR count). The summed E-state index contributed by atoms with van der Waals surface area (Å²) in [5.74, 6) is 2.89. The van der Waals surface area contributed by atoms with E-state index in [1.165, 1.54) is 12.1 Å². The number of benzene rings is 2. The number of terminal acetylenes is 1. The molecule has 0 amide bonds. The highest BCUT2D eigenvalue weighted by atomic mass is 19.1. The number of aliphatic hydroxyl groups is 1. The minimum Gasteiger partial charge on any atom is -0.497 e. The standard InChI is InChI=1S/C21H24FNO3/c1-3-11-26-16-20(24)15-23(13-17-7-9-19(22)10-8-17)14-18-5-4-6-21(12-18)25-2/h1,4-10,12,20,24H,11,13-16H2,2H3/t20-/m1/s1. The maximum atomic E-state index is 13.1. The van der Waals surface area contributed by atoms with Gasteiger partial charge in [0.1, 0.15) is 18.2 Å². The van der Waals surface area contributed by atoms with Gasteiger partial charge in [-0.05, 0) is 35.4 Å². The van der Waals surface area contributed by atoms with Crippen LogP contribution in [0.25, 0.3) is 0 Å². The van der Waals surface area contributed by atoms with Gasteiger partial charge in [0.2, 0.25) is 0 Å². The molecule has 0 bridgehead atoms. The average molecular weight is 357 g/mol. The largest absolute Gasteiger partial charge is 0.497 e. The molecule has 138 valence electrons. The van der Waals surface area contributed by atoms with Crippen molar-refractivity contribution in [2.75, 3.05) is 26.9 Å². The number of aliphatic hydroxyl groups excluding tert-OH is 1. The first-order valence-corrected chi connectivity index (χ1v) is 8.39. The molecule has 0 spiro atoms. The SMILES string of the molecule is C#CCOC[C@H](O)CN(Cc1ccc(F)cc1)Cc1cccc(OC)c1. The Hall–Kier alpha value is -2.39. The Bertz CT molecular complexity index is 712. The second-order valence-corrected chi connectivity index (χ2v) is 6.02. The predicted octanol–water partition coefficient (Wildman–Crippen LogP) is 2.85. The van der Waals surface area contributed by atoms with Gasteiger partial charge in [-0.1, -0.05) is 30.2 Å². The Morgan fingerprint density at radius 1 is 1.15 bits per heavy atom. The lowest BCUT2D eigenvalue weighted by molar-refractivity contribution is 0.0243. The molecule has 0 fully saturated rings. The van der Waals surface area contributed by atoms with Crippen LogP contribution in [0.2, 0.25) is 0 Å². The van der Waals surface area contributed by atoms with E-state index in [2.05, 4.69) is 10.8 Å². The van der Waals surface area contributed by atoms with Gasteiger partial charge in [0.25, 0.3) is 0 Å². The maximum Gasteiger partial charge on any atom is 0.123 e. The Kier molecular flexibility index (Phi) is 8.10. The Balaban J connectivity index is 2.06. The lowest BCUT2D eigenvalue weighted by Gasteiger charge is -2.25. The minimum atomic E-state index is -0.672. The third kappa shape index (κ3) is 6.85. The lowest BCUT2D eigenvalue weighted by atomic mass is 10.1. The quantitative estimate of drug-likeness (QED) is 0.524. The summed E-state index contributed by atoms with van der Waals surface area (Å²) in [6, 6.07) is 14.1. The van der Waals surface area contributed by atoms with Gasteiger partial charge in [-0.3, -0.25) is 4.90 Å². The van der Waals surface area contributed by atoms with E-state index >= 15 is 0 Å². The van der Waals surface area contributed by atoms with Gasteiger partial charge < -0.3 is 14.6 Å². The first-order valence-electron chi connectivity index (χ1n) is 8.39. The number of rotatable bonds is 10. The molecule has 0 aliphatic rings. The normalized spacial score (nSPS) is 12.0. The van der Waals surface area contributed by atoms with Crippen molar-refractivity contribution >= 4 is 0 Å². The lowest BCUT2D eigenvalue weighted by Crippen LogP contribution is -2.34. The zero-order chi connectivity index (χ0) is 18.8. The smallest absolute Gasteiger partial charge is 0.123 e. The molecule has 0 radical (unpaired) electrons. The van der Waals surface area contributed by atoms with Crippen LogP contribution in [-0.2, 0) is 17.8 Å². The van der Waals surface area contributed by atoms with Crippen LogP contribution >= 0.6 is 0 Å². The van der Waals surface area contributed by atoms with Gasteiger partial charge in [-0.15, -0.1) is 6.42 Å². The molecule has 2 aromatic carbocycles. The molecule has 1 atom stereocenters. The fraction of sp³-hybridized carbons (Fsp3) is 0.333. The van der Waals surface area contributed by atoms with Crippen LogP contribution in [0.3, 0.4) is 0 Å². The van der Waals surface area contributed by atoms with Crippen LogP contribution in [0.5, 0.6) is 5.75 Å². The second kappa shape index (κ2) is 10.6. The second-order valence-electron chi connectivity index (χ2n) is 6.02. The van der Waals surface area contributed by atoms with Crippen molar-refractivity contribution in [3.8, 4) is 18.1 Å². The van der Waals surface area contributed by atoms with Gasteiger partial charge in [0, 0.05) is 19.6 Å². The van der Waals surface area contributed by atoms with Crippen molar-refractivity contribution in [2.24, 2.45) is 0 Å². The molecule has 0 aromatic heterocycles. The number of ether oxygens (including phenoxy) is 2. The Morgan fingerprint density at radius 3 is 2.58 bits per heavy atom. The van der Waals surface area contributed by atoms with Crippen LogP contribution < -0.4 is 4.74 Å². The zero-order valence-corrected chi connectivity index (χ0v) is 14.9. The van der Waals surface area contributed by atoms with E-state index in [1.54, 1.807) is 19.2 Å². The first kappa shape index (κ1) is 19.9. The van der Waals surface area contributed by atoms with Crippen LogP contribution in [0.1, 0.15) is 11.1 Å². The highest BCUT2D eigenvalue weighted by molar-refractivity contribution is 5.28. The molecule has 1 N–H and O–H groups in total. The highest BCUT2D eigenvalue weighted by Gasteiger charge is 2.14. The molecule has 0 saturated carbocycles. The molecule has 0 unspecified atom stereocenters. The molecule has 2 aromatic rings. The maximum absolute atomic E-state index is 13.1. The van der Waals surface area contributed by atoms with E-state index in [0.717, 1.165) is 16.9 Å². The molecular formula is C21H24FNO3. The van der Waals surface area contributed by atoms with Gasteiger partial charge in [0.15, 0.2) is 0 Å². The number of halogens is 1. The van der Waals surface area contributed by atoms with E-state index in [9.17, 15) is 9.50 Å². The number of hydrogen-bond donors (Lipinski definition) is 1. The van der Waals surface area contributed by atoms with Crippen LogP contribution in [0.15, 0.2) is 48.5 Å². The summed E-state index contributed by atoms with van der Waals surface area (Å²) in [5, 5.41) is 10.2. The topological polar surface area (TPSA) is 41.9 Å². The summed E-state index contributed by atoms with van der Waals surface area (Å²) in [5.41, 5.74) is 2.02. The summed E-state index contributed by atoms with van der Waals surface area (Å²) in [6.07, 6.45) is 4.48. The average Bonchev–Trinajstić information content (AvgIpc) is 2.64. The monoisotopic (exact) mass is 357 g/mol.